The zero-order valence-corrected chi connectivity index (χ0v) is 20.9. The van der Waals surface area contributed by atoms with Crippen molar-refractivity contribution < 1.29 is 4.57 Å². The first-order valence-corrected chi connectivity index (χ1v) is 12.3. The highest BCUT2D eigenvalue weighted by molar-refractivity contribution is 6.26. The van der Waals surface area contributed by atoms with Crippen LogP contribution in [0.2, 0.25) is 0 Å². The van der Waals surface area contributed by atoms with E-state index < -0.39 is 0 Å². The molecule has 3 aromatic carbocycles. The summed E-state index contributed by atoms with van der Waals surface area (Å²) in [6.07, 6.45) is 3.35. The summed E-state index contributed by atoms with van der Waals surface area (Å²) < 4.78 is 4.89. The Labute approximate surface area is 195 Å². The van der Waals surface area contributed by atoms with Gasteiger partial charge in [-0.05, 0) is 84.0 Å². The van der Waals surface area contributed by atoms with Crippen molar-refractivity contribution in [2.24, 2.45) is 13.0 Å². The zero-order chi connectivity index (χ0) is 23.2. The first-order chi connectivity index (χ1) is 15.8. The van der Waals surface area contributed by atoms with Gasteiger partial charge in [0.25, 0.3) is 0 Å². The molecule has 6 aromatic rings. The molecule has 0 atom stereocenters. The van der Waals surface area contributed by atoms with Crippen LogP contribution in [0.3, 0.4) is 0 Å². The van der Waals surface area contributed by atoms with E-state index in [1.54, 1.807) is 0 Å². The monoisotopic (exact) mass is 433 g/mol. The highest BCUT2D eigenvalue weighted by atomic mass is 15.0. The number of aromatic nitrogens is 2. The molecule has 0 aliphatic carbocycles. The molecule has 0 aliphatic rings. The van der Waals surface area contributed by atoms with E-state index in [4.69, 9.17) is 0 Å². The molecule has 0 radical (unpaired) electrons. The summed E-state index contributed by atoms with van der Waals surface area (Å²) >= 11 is 0. The van der Waals surface area contributed by atoms with Crippen LogP contribution in [0.25, 0.3) is 49.0 Å². The normalized spacial score (nSPS) is 12.8. The van der Waals surface area contributed by atoms with Crippen molar-refractivity contribution >= 4 is 49.0 Å². The molecule has 33 heavy (non-hydrogen) atoms. The smallest absolute Gasteiger partial charge is 0.224 e. The molecule has 166 valence electrons. The van der Waals surface area contributed by atoms with Crippen molar-refractivity contribution in [2.45, 2.75) is 53.9 Å². The highest BCUT2D eigenvalue weighted by Crippen LogP contribution is 2.42. The number of hydrogen-bond acceptors (Lipinski definition) is 0. The standard InChI is InChI=1S/C31H33N2/c1-17(2)12-21-8-9-26-24(14-21)25-13-19(5)20(6)28-30(25)33(26)27-16-23(18(3)4)15-22-10-11-32(7)31(28)29(22)27/h8-11,13-18H,12H2,1-7H3/q+1. The van der Waals surface area contributed by atoms with Gasteiger partial charge in [0.1, 0.15) is 7.05 Å². The summed E-state index contributed by atoms with van der Waals surface area (Å²) in [5.41, 5.74) is 10.9. The largest absolute Gasteiger partial charge is 0.307 e. The van der Waals surface area contributed by atoms with Crippen LogP contribution in [0.1, 0.15) is 55.9 Å². The van der Waals surface area contributed by atoms with Gasteiger partial charge in [0.2, 0.25) is 5.52 Å². The summed E-state index contributed by atoms with van der Waals surface area (Å²) in [4.78, 5) is 0. The number of rotatable bonds is 3. The number of aryl methyl sites for hydroxylation is 3. The Balaban J connectivity index is 1.96. The Kier molecular flexibility index (Phi) is 4.30. The SMILES string of the molecule is Cc1cc2c3cc(CC(C)C)ccc3n3c4cc(C(C)C)cc5cc[n+](C)c(c(c1C)c23)c54. The summed E-state index contributed by atoms with van der Waals surface area (Å²) in [7, 11) is 2.20. The quantitative estimate of drug-likeness (QED) is 0.153. The number of hydrogen-bond donors (Lipinski definition) is 0. The molecule has 2 heteroatoms. The minimum atomic E-state index is 0.485. The van der Waals surface area contributed by atoms with Gasteiger partial charge in [-0.25, -0.2) is 4.57 Å². The van der Waals surface area contributed by atoms with E-state index >= 15 is 0 Å². The fourth-order valence-corrected chi connectivity index (χ4v) is 5.91. The molecule has 3 aromatic heterocycles. The van der Waals surface area contributed by atoms with E-state index in [0.29, 0.717) is 11.8 Å². The van der Waals surface area contributed by atoms with Gasteiger partial charge in [0.05, 0.1) is 27.3 Å². The van der Waals surface area contributed by atoms with E-state index in [9.17, 15) is 0 Å². The Morgan fingerprint density at radius 1 is 0.848 bits per heavy atom. The minimum Gasteiger partial charge on any atom is -0.307 e. The number of benzene rings is 3. The summed E-state index contributed by atoms with van der Waals surface area (Å²) in [5, 5.41) is 6.86. The number of pyridine rings is 2. The van der Waals surface area contributed by atoms with Gasteiger partial charge >= 0.3 is 0 Å². The van der Waals surface area contributed by atoms with Gasteiger partial charge in [-0.2, -0.15) is 0 Å². The molecule has 2 nitrogen and oxygen atoms in total. The lowest BCUT2D eigenvalue weighted by molar-refractivity contribution is -0.643. The maximum Gasteiger partial charge on any atom is 0.224 e. The molecular formula is C31H33N2+. The van der Waals surface area contributed by atoms with Crippen molar-refractivity contribution in [2.75, 3.05) is 0 Å². The highest BCUT2D eigenvalue weighted by Gasteiger charge is 2.25. The maximum absolute atomic E-state index is 2.56. The van der Waals surface area contributed by atoms with Crippen LogP contribution < -0.4 is 4.57 Å². The van der Waals surface area contributed by atoms with Crippen LogP contribution in [0.5, 0.6) is 0 Å². The third-order valence-corrected chi connectivity index (χ3v) is 7.66. The van der Waals surface area contributed by atoms with Gasteiger partial charge in [-0.15, -0.1) is 0 Å². The molecule has 0 fully saturated rings. The average molecular weight is 434 g/mol. The predicted octanol–water partition coefficient (Wildman–Crippen LogP) is 7.75. The maximum atomic E-state index is 2.56. The van der Waals surface area contributed by atoms with Crippen LogP contribution in [0, 0.1) is 19.8 Å². The second-order valence-corrected chi connectivity index (χ2v) is 10.8. The van der Waals surface area contributed by atoms with Crippen LogP contribution in [-0.4, -0.2) is 4.40 Å². The third-order valence-electron chi connectivity index (χ3n) is 7.66. The molecule has 0 amide bonds. The van der Waals surface area contributed by atoms with Gasteiger partial charge < -0.3 is 4.40 Å². The molecule has 0 saturated carbocycles. The Morgan fingerprint density at radius 2 is 1.64 bits per heavy atom. The average Bonchev–Trinajstić information content (AvgIpc) is 3.08. The Bertz CT molecular complexity index is 1710. The van der Waals surface area contributed by atoms with Gasteiger partial charge in [-0.3, -0.25) is 0 Å². The van der Waals surface area contributed by atoms with E-state index in [0.717, 1.165) is 6.42 Å². The van der Waals surface area contributed by atoms with Crippen LogP contribution in [-0.2, 0) is 13.5 Å². The fourth-order valence-electron chi connectivity index (χ4n) is 5.91. The molecule has 0 aliphatic heterocycles. The van der Waals surface area contributed by atoms with Crippen molar-refractivity contribution in [1.82, 2.24) is 4.40 Å². The summed E-state index contributed by atoms with van der Waals surface area (Å²) in [6, 6.07) is 16.7. The van der Waals surface area contributed by atoms with E-state index in [2.05, 4.69) is 106 Å². The van der Waals surface area contributed by atoms with Crippen molar-refractivity contribution in [3.05, 3.63) is 70.9 Å². The topological polar surface area (TPSA) is 8.29 Å². The number of nitrogens with zero attached hydrogens (tertiary/aromatic N) is 2. The molecular weight excluding hydrogens is 400 g/mol. The lowest BCUT2D eigenvalue weighted by Crippen LogP contribution is -2.29. The first-order valence-electron chi connectivity index (χ1n) is 12.3. The molecule has 0 unspecified atom stereocenters. The molecule has 0 saturated heterocycles. The van der Waals surface area contributed by atoms with Crippen molar-refractivity contribution in [1.29, 1.82) is 0 Å². The van der Waals surface area contributed by atoms with Crippen LogP contribution >= 0.6 is 0 Å². The molecule has 3 heterocycles. The molecule has 6 rings (SSSR count). The van der Waals surface area contributed by atoms with Crippen LogP contribution in [0.15, 0.2) is 48.7 Å². The Hall–Kier alpha value is -3.13. The zero-order valence-electron chi connectivity index (χ0n) is 20.9. The number of fused-ring (bicyclic) bond motifs is 5. The molecule has 0 spiro atoms. The van der Waals surface area contributed by atoms with Crippen LogP contribution in [0.4, 0.5) is 0 Å². The van der Waals surface area contributed by atoms with Crippen molar-refractivity contribution in [3.8, 4) is 0 Å². The lowest BCUT2D eigenvalue weighted by atomic mass is 9.94. The Morgan fingerprint density at radius 3 is 2.36 bits per heavy atom. The van der Waals surface area contributed by atoms with Gasteiger partial charge in [-0.1, -0.05) is 39.8 Å². The van der Waals surface area contributed by atoms with Crippen molar-refractivity contribution in [3.63, 3.8) is 0 Å². The lowest BCUT2D eigenvalue weighted by Gasteiger charge is -2.16. The van der Waals surface area contributed by atoms with E-state index in [1.165, 1.54) is 71.3 Å². The second kappa shape index (κ2) is 6.93. The predicted molar refractivity (Wildman–Crippen MR) is 142 cm³/mol. The molecule has 0 bridgehead atoms. The summed E-state index contributed by atoms with van der Waals surface area (Å²) in [5.74, 6) is 1.14. The van der Waals surface area contributed by atoms with E-state index in [1.807, 2.05) is 0 Å². The fraction of sp³-hybridized carbons (Fsp3) is 0.323. The summed E-state index contributed by atoms with van der Waals surface area (Å²) in [6.45, 7) is 13.8. The minimum absolute atomic E-state index is 0.485. The first kappa shape index (κ1) is 20.5. The second-order valence-electron chi connectivity index (χ2n) is 10.8. The third kappa shape index (κ3) is 2.76. The molecule has 0 N–H and O–H groups in total. The van der Waals surface area contributed by atoms with Gasteiger partial charge in [0.15, 0.2) is 6.20 Å². The van der Waals surface area contributed by atoms with Gasteiger partial charge in [0, 0.05) is 16.8 Å². The van der Waals surface area contributed by atoms with E-state index in [-0.39, 0.29) is 0 Å².